The van der Waals surface area contributed by atoms with E-state index in [2.05, 4.69) is 11.8 Å². The third-order valence-corrected chi connectivity index (χ3v) is 3.94. The van der Waals surface area contributed by atoms with Crippen molar-refractivity contribution in [1.29, 1.82) is 0 Å². The minimum atomic E-state index is 0.988. The van der Waals surface area contributed by atoms with Crippen molar-refractivity contribution in [3.05, 3.63) is 0 Å². The Bertz CT molecular complexity index is 143. The summed E-state index contributed by atoms with van der Waals surface area (Å²) in [6.45, 7) is 5.11. The van der Waals surface area contributed by atoms with E-state index in [0.29, 0.717) is 0 Å². The molecule has 1 aliphatic heterocycles. The maximum atomic E-state index is 2.75. The van der Waals surface area contributed by atoms with Crippen LogP contribution in [0.2, 0.25) is 0 Å². The molecule has 1 heterocycles. The fourth-order valence-electron chi connectivity index (χ4n) is 2.77. The van der Waals surface area contributed by atoms with Gasteiger partial charge in [-0.25, -0.2) is 0 Å². The number of hydrogen-bond acceptors (Lipinski definition) is 1. The first kappa shape index (κ1) is 9.51. The van der Waals surface area contributed by atoms with Crippen molar-refractivity contribution < 1.29 is 0 Å². The fourth-order valence-corrected chi connectivity index (χ4v) is 2.77. The zero-order valence-corrected chi connectivity index (χ0v) is 8.97. The first-order chi connectivity index (χ1) is 6.40. The summed E-state index contributed by atoms with van der Waals surface area (Å²) in [7, 11) is 0. The Kier molecular flexibility index (Phi) is 3.26. The predicted octanol–water partition coefficient (Wildman–Crippen LogP) is 3.05. The molecule has 1 aliphatic carbocycles. The highest BCUT2D eigenvalue weighted by atomic mass is 15.2. The van der Waals surface area contributed by atoms with Crippen LogP contribution < -0.4 is 0 Å². The molecule has 2 fully saturated rings. The van der Waals surface area contributed by atoms with Crippen LogP contribution >= 0.6 is 0 Å². The molecule has 13 heavy (non-hydrogen) atoms. The molecular weight excluding hydrogens is 158 g/mol. The first-order valence-corrected chi connectivity index (χ1v) is 6.14. The SMILES string of the molecule is CCCC1CCN(C2CCC2)CC1. The largest absolute Gasteiger partial charge is 0.300 e. The summed E-state index contributed by atoms with van der Waals surface area (Å²) >= 11 is 0. The summed E-state index contributed by atoms with van der Waals surface area (Å²) in [6.07, 6.45) is 10.3. The molecule has 1 saturated heterocycles. The van der Waals surface area contributed by atoms with Gasteiger partial charge in [-0.05, 0) is 44.7 Å². The molecule has 0 amide bonds. The first-order valence-electron chi connectivity index (χ1n) is 6.14. The van der Waals surface area contributed by atoms with Gasteiger partial charge in [0, 0.05) is 6.04 Å². The highest BCUT2D eigenvalue weighted by Gasteiger charge is 2.28. The lowest BCUT2D eigenvalue weighted by molar-refractivity contribution is 0.0826. The number of hydrogen-bond donors (Lipinski definition) is 0. The number of likely N-dealkylation sites (tertiary alicyclic amines) is 1. The van der Waals surface area contributed by atoms with Gasteiger partial charge in [0.1, 0.15) is 0 Å². The highest BCUT2D eigenvalue weighted by Crippen LogP contribution is 2.30. The van der Waals surface area contributed by atoms with Gasteiger partial charge in [0.25, 0.3) is 0 Å². The lowest BCUT2D eigenvalue weighted by Crippen LogP contribution is -2.44. The summed E-state index contributed by atoms with van der Waals surface area (Å²) in [5, 5.41) is 0. The van der Waals surface area contributed by atoms with Gasteiger partial charge in [-0.3, -0.25) is 0 Å². The lowest BCUT2D eigenvalue weighted by atomic mass is 9.86. The molecular formula is C12H23N. The monoisotopic (exact) mass is 181 g/mol. The quantitative estimate of drug-likeness (QED) is 0.647. The van der Waals surface area contributed by atoms with E-state index in [9.17, 15) is 0 Å². The van der Waals surface area contributed by atoms with Crippen molar-refractivity contribution in [3.63, 3.8) is 0 Å². The molecule has 0 aromatic carbocycles. The van der Waals surface area contributed by atoms with Gasteiger partial charge >= 0.3 is 0 Å². The minimum absolute atomic E-state index is 0.988. The van der Waals surface area contributed by atoms with Crippen LogP contribution in [-0.4, -0.2) is 24.0 Å². The van der Waals surface area contributed by atoms with Crippen molar-refractivity contribution >= 4 is 0 Å². The molecule has 0 unspecified atom stereocenters. The van der Waals surface area contributed by atoms with E-state index in [1.165, 1.54) is 58.0 Å². The summed E-state index contributed by atoms with van der Waals surface area (Å²) in [5.41, 5.74) is 0. The Morgan fingerprint density at radius 3 is 2.23 bits per heavy atom. The van der Waals surface area contributed by atoms with Crippen molar-refractivity contribution in [3.8, 4) is 0 Å². The number of nitrogens with zero attached hydrogens (tertiary/aromatic N) is 1. The Morgan fingerprint density at radius 1 is 1.08 bits per heavy atom. The topological polar surface area (TPSA) is 3.24 Å². The van der Waals surface area contributed by atoms with Crippen LogP contribution in [0.25, 0.3) is 0 Å². The average molecular weight is 181 g/mol. The molecule has 1 saturated carbocycles. The van der Waals surface area contributed by atoms with Gasteiger partial charge in [0.05, 0.1) is 0 Å². The molecule has 0 aromatic rings. The second-order valence-corrected chi connectivity index (χ2v) is 4.85. The lowest BCUT2D eigenvalue weighted by Gasteiger charge is -2.41. The van der Waals surface area contributed by atoms with Crippen molar-refractivity contribution in [2.45, 2.75) is 57.9 Å². The third-order valence-electron chi connectivity index (χ3n) is 3.94. The Balaban J connectivity index is 1.69. The standard InChI is InChI=1S/C12H23N/c1-2-4-11-7-9-13(10-8-11)12-5-3-6-12/h11-12H,2-10H2,1H3. The van der Waals surface area contributed by atoms with E-state index in [1.807, 2.05) is 0 Å². The van der Waals surface area contributed by atoms with E-state index >= 15 is 0 Å². The van der Waals surface area contributed by atoms with Crippen LogP contribution in [0, 0.1) is 5.92 Å². The van der Waals surface area contributed by atoms with E-state index in [4.69, 9.17) is 0 Å². The number of piperidine rings is 1. The van der Waals surface area contributed by atoms with Crippen molar-refractivity contribution in [1.82, 2.24) is 4.90 Å². The van der Waals surface area contributed by atoms with Crippen LogP contribution in [-0.2, 0) is 0 Å². The highest BCUT2D eigenvalue weighted by molar-refractivity contribution is 4.83. The Labute approximate surface area is 82.5 Å². The van der Waals surface area contributed by atoms with Gasteiger partial charge in [-0.2, -0.15) is 0 Å². The molecule has 0 atom stereocenters. The molecule has 0 bridgehead atoms. The molecule has 0 radical (unpaired) electrons. The van der Waals surface area contributed by atoms with Crippen molar-refractivity contribution in [2.75, 3.05) is 13.1 Å². The summed E-state index contributed by atoms with van der Waals surface area (Å²) in [4.78, 5) is 2.75. The smallest absolute Gasteiger partial charge is 0.00952 e. The van der Waals surface area contributed by atoms with Crippen LogP contribution in [0.15, 0.2) is 0 Å². The zero-order chi connectivity index (χ0) is 9.10. The normalized spacial score (nSPS) is 27.5. The molecule has 1 heteroatoms. The number of rotatable bonds is 3. The van der Waals surface area contributed by atoms with Gasteiger partial charge in [-0.1, -0.05) is 26.2 Å². The van der Waals surface area contributed by atoms with Gasteiger partial charge in [-0.15, -0.1) is 0 Å². The van der Waals surface area contributed by atoms with Gasteiger partial charge in [0.15, 0.2) is 0 Å². The van der Waals surface area contributed by atoms with Gasteiger partial charge in [0.2, 0.25) is 0 Å². The predicted molar refractivity (Wildman–Crippen MR) is 56.8 cm³/mol. The van der Waals surface area contributed by atoms with Crippen LogP contribution in [0.1, 0.15) is 51.9 Å². The Morgan fingerprint density at radius 2 is 1.77 bits per heavy atom. The molecule has 0 spiro atoms. The maximum absolute atomic E-state index is 2.75. The third kappa shape index (κ3) is 2.25. The second-order valence-electron chi connectivity index (χ2n) is 4.85. The van der Waals surface area contributed by atoms with Crippen LogP contribution in [0.3, 0.4) is 0 Å². The molecule has 1 nitrogen and oxygen atoms in total. The summed E-state index contributed by atoms with van der Waals surface area (Å²) < 4.78 is 0. The van der Waals surface area contributed by atoms with Crippen LogP contribution in [0.4, 0.5) is 0 Å². The van der Waals surface area contributed by atoms with E-state index in [1.54, 1.807) is 0 Å². The zero-order valence-electron chi connectivity index (χ0n) is 8.97. The van der Waals surface area contributed by atoms with Gasteiger partial charge < -0.3 is 4.90 Å². The van der Waals surface area contributed by atoms with Crippen LogP contribution in [0.5, 0.6) is 0 Å². The van der Waals surface area contributed by atoms with Crippen molar-refractivity contribution in [2.24, 2.45) is 5.92 Å². The van der Waals surface area contributed by atoms with E-state index in [0.717, 1.165) is 12.0 Å². The minimum Gasteiger partial charge on any atom is -0.300 e. The molecule has 76 valence electrons. The molecule has 0 N–H and O–H groups in total. The molecule has 2 rings (SSSR count). The van der Waals surface area contributed by atoms with E-state index < -0.39 is 0 Å². The Hall–Kier alpha value is -0.0400. The van der Waals surface area contributed by atoms with E-state index in [-0.39, 0.29) is 0 Å². The summed E-state index contributed by atoms with van der Waals surface area (Å²) in [5.74, 6) is 1.06. The summed E-state index contributed by atoms with van der Waals surface area (Å²) in [6, 6.07) is 0.988. The fraction of sp³-hybridized carbons (Fsp3) is 1.00. The molecule has 0 aromatic heterocycles. The maximum Gasteiger partial charge on any atom is 0.00952 e. The molecule has 2 aliphatic rings. The average Bonchev–Trinajstić information content (AvgIpc) is 2.06. The second kappa shape index (κ2) is 4.45.